The number of carbonyl (C=O) groups excluding carboxylic acids is 1. The number of esters is 1. The summed E-state index contributed by atoms with van der Waals surface area (Å²) in [6, 6.07) is 13.4. The van der Waals surface area contributed by atoms with E-state index < -0.39 is 0 Å². The van der Waals surface area contributed by atoms with Crippen molar-refractivity contribution in [2.75, 3.05) is 65.5 Å². The Hall–Kier alpha value is -2.84. The van der Waals surface area contributed by atoms with Crippen LogP contribution in [0.3, 0.4) is 0 Å². The van der Waals surface area contributed by atoms with E-state index in [2.05, 4.69) is 20.8 Å². The van der Waals surface area contributed by atoms with E-state index in [0.717, 1.165) is 75.7 Å². The van der Waals surface area contributed by atoms with Crippen molar-refractivity contribution in [1.82, 2.24) is 9.80 Å². The van der Waals surface area contributed by atoms with Crippen LogP contribution in [0.5, 0.6) is 11.5 Å². The number of piperazine rings is 1. The van der Waals surface area contributed by atoms with Gasteiger partial charge in [0.15, 0.2) is 11.5 Å². The molecule has 7 nitrogen and oxygen atoms in total. The molecule has 0 aromatic heterocycles. The summed E-state index contributed by atoms with van der Waals surface area (Å²) in [5, 5.41) is 0. The number of benzene rings is 2. The van der Waals surface area contributed by atoms with Gasteiger partial charge in [-0.3, -0.25) is 14.6 Å². The maximum absolute atomic E-state index is 14.3. The van der Waals surface area contributed by atoms with Crippen LogP contribution in [0.15, 0.2) is 42.5 Å². The van der Waals surface area contributed by atoms with E-state index in [0.29, 0.717) is 24.1 Å². The molecule has 196 valence electrons. The van der Waals surface area contributed by atoms with Crippen molar-refractivity contribution in [2.45, 2.75) is 31.8 Å². The zero-order chi connectivity index (χ0) is 25.5. The molecule has 2 aliphatic heterocycles. The predicted molar refractivity (Wildman–Crippen MR) is 138 cm³/mol. The SMILES string of the molecule is COC(=O)CC[C@H]1CN(Cc2cccc(OC)c2OC)CC[C@H]1N1CCN(c2ccccc2F)CC1. The molecule has 0 saturated carbocycles. The van der Waals surface area contributed by atoms with E-state index in [9.17, 15) is 9.18 Å². The lowest BCUT2D eigenvalue weighted by Crippen LogP contribution is -2.56. The molecular formula is C28H38FN3O4. The Bertz CT molecular complexity index is 1010. The number of halogens is 1. The van der Waals surface area contributed by atoms with Crippen molar-refractivity contribution in [3.05, 3.63) is 53.8 Å². The Morgan fingerprint density at radius 2 is 1.75 bits per heavy atom. The third-order valence-electron chi connectivity index (χ3n) is 7.58. The number of piperidine rings is 1. The summed E-state index contributed by atoms with van der Waals surface area (Å²) in [6.45, 7) is 6.00. The van der Waals surface area contributed by atoms with Gasteiger partial charge in [-0.05, 0) is 43.5 Å². The van der Waals surface area contributed by atoms with Gasteiger partial charge in [0.1, 0.15) is 5.82 Å². The zero-order valence-corrected chi connectivity index (χ0v) is 21.6. The van der Waals surface area contributed by atoms with Gasteiger partial charge in [-0.2, -0.15) is 0 Å². The van der Waals surface area contributed by atoms with Crippen LogP contribution in [0.2, 0.25) is 0 Å². The predicted octanol–water partition coefficient (Wildman–Crippen LogP) is 3.81. The van der Waals surface area contributed by atoms with E-state index in [-0.39, 0.29) is 11.8 Å². The van der Waals surface area contributed by atoms with Gasteiger partial charge in [0.25, 0.3) is 0 Å². The third-order valence-corrected chi connectivity index (χ3v) is 7.58. The maximum atomic E-state index is 14.3. The lowest BCUT2D eigenvalue weighted by atomic mass is 9.86. The fourth-order valence-electron chi connectivity index (χ4n) is 5.73. The first-order valence-corrected chi connectivity index (χ1v) is 12.8. The van der Waals surface area contributed by atoms with Gasteiger partial charge in [0, 0.05) is 57.3 Å². The number of rotatable bonds is 9. The Morgan fingerprint density at radius 3 is 2.44 bits per heavy atom. The van der Waals surface area contributed by atoms with Gasteiger partial charge < -0.3 is 19.1 Å². The maximum Gasteiger partial charge on any atom is 0.305 e. The minimum atomic E-state index is -0.164. The van der Waals surface area contributed by atoms with Crippen molar-refractivity contribution >= 4 is 11.7 Å². The second-order valence-corrected chi connectivity index (χ2v) is 9.59. The normalized spacial score (nSPS) is 21.3. The molecule has 2 aliphatic rings. The van der Waals surface area contributed by atoms with Crippen molar-refractivity contribution in [2.24, 2.45) is 5.92 Å². The fraction of sp³-hybridized carbons (Fsp3) is 0.536. The van der Waals surface area contributed by atoms with Crippen LogP contribution in [0.4, 0.5) is 10.1 Å². The molecule has 0 amide bonds. The number of carbonyl (C=O) groups is 1. The standard InChI is InChI=1S/C28H38FN3O4/c1-34-26-10-6-7-22(28(26)36-3)20-30-14-13-24(21(19-30)11-12-27(33)35-2)31-15-17-32(18-16-31)25-9-5-4-8-23(25)29/h4-10,21,24H,11-20H2,1-3H3/t21-,24+/m0/s1. The van der Waals surface area contributed by atoms with Crippen molar-refractivity contribution < 1.29 is 23.4 Å². The molecule has 2 saturated heterocycles. The number of para-hydroxylation sites is 2. The molecule has 2 aromatic carbocycles. The van der Waals surface area contributed by atoms with Gasteiger partial charge in [-0.1, -0.05) is 24.3 Å². The van der Waals surface area contributed by atoms with E-state index in [1.165, 1.54) is 13.2 Å². The molecule has 36 heavy (non-hydrogen) atoms. The Labute approximate surface area is 213 Å². The lowest BCUT2D eigenvalue weighted by molar-refractivity contribution is -0.141. The number of methoxy groups -OCH3 is 3. The second kappa shape index (κ2) is 12.4. The molecule has 2 aromatic rings. The Morgan fingerprint density at radius 1 is 0.972 bits per heavy atom. The van der Waals surface area contributed by atoms with E-state index in [4.69, 9.17) is 14.2 Å². The van der Waals surface area contributed by atoms with Gasteiger partial charge in [-0.15, -0.1) is 0 Å². The highest BCUT2D eigenvalue weighted by Gasteiger charge is 2.35. The number of nitrogens with zero attached hydrogens (tertiary/aromatic N) is 3. The molecule has 0 spiro atoms. The van der Waals surface area contributed by atoms with Crippen LogP contribution in [0.25, 0.3) is 0 Å². The van der Waals surface area contributed by atoms with Gasteiger partial charge >= 0.3 is 5.97 Å². The average molecular weight is 500 g/mol. The number of hydrogen-bond donors (Lipinski definition) is 0. The Balaban J connectivity index is 1.43. The molecule has 2 fully saturated rings. The molecular weight excluding hydrogens is 461 g/mol. The van der Waals surface area contributed by atoms with E-state index in [1.54, 1.807) is 20.3 Å². The van der Waals surface area contributed by atoms with E-state index >= 15 is 0 Å². The van der Waals surface area contributed by atoms with Crippen molar-refractivity contribution in [3.8, 4) is 11.5 Å². The zero-order valence-electron chi connectivity index (χ0n) is 21.6. The Kier molecular flexibility index (Phi) is 9.04. The van der Waals surface area contributed by atoms with Crippen molar-refractivity contribution in [1.29, 1.82) is 0 Å². The molecule has 0 bridgehead atoms. The van der Waals surface area contributed by atoms with Crippen LogP contribution < -0.4 is 14.4 Å². The first-order valence-electron chi connectivity index (χ1n) is 12.8. The van der Waals surface area contributed by atoms with Gasteiger partial charge in [0.05, 0.1) is 27.0 Å². The average Bonchev–Trinajstić information content (AvgIpc) is 2.92. The summed E-state index contributed by atoms with van der Waals surface area (Å²) in [6.07, 6.45) is 2.23. The second-order valence-electron chi connectivity index (χ2n) is 9.59. The smallest absolute Gasteiger partial charge is 0.305 e. The first-order chi connectivity index (χ1) is 17.5. The number of ether oxygens (including phenoxy) is 3. The van der Waals surface area contributed by atoms with Crippen LogP contribution in [0.1, 0.15) is 24.8 Å². The molecule has 0 radical (unpaired) electrons. The monoisotopic (exact) mass is 499 g/mol. The van der Waals surface area contributed by atoms with Gasteiger partial charge in [0.2, 0.25) is 0 Å². The van der Waals surface area contributed by atoms with Crippen LogP contribution in [-0.4, -0.2) is 82.4 Å². The third kappa shape index (κ3) is 6.10. The fourth-order valence-corrected chi connectivity index (χ4v) is 5.73. The molecule has 4 rings (SSSR count). The first kappa shape index (κ1) is 26.2. The quantitative estimate of drug-likeness (QED) is 0.487. The minimum absolute atomic E-state index is 0.162. The highest BCUT2D eigenvalue weighted by Crippen LogP contribution is 2.34. The summed E-state index contributed by atoms with van der Waals surface area (Å²) in [7, 11) is 4.78. The lowest BCUT2D eigenvalue weighted by Gasteiger charge is -2.47. The highest BCUT2D eigenvalue weighted by atomic mass is 19.1. The number of likely N-dealkylation sites (tertiary alicyclic amines) is 1. The molecule has 8 heteroatoms. The summed E-state index contributed by atoms with van der Waals surface area (Å²) < 4.78 is 30.4. The minimum Gasteiger partial charge on any atom is -0.493 e. The highest BCUT2D eigenvalue weighted by molar-refractivity contribution is 5.69. The summed E-state index contributed by atoms with van der Waals surface area (Å²) in [4.78, 5) is 19.1. The molecule has 0 aliphatic carbocycles. The van der Waals surface area contributed by atoms with Gasteiger partial charge in [-0.25, -0.2) is 4.39 Å². The van der Waals surface area contributed by atoms with E-state index in [1.807, 2.05) is 24.3 Å². The molecule has 2 heterocycles. The van der Waals surface area contributed by atoms with Crippen molar-refractivity contribution in [3.63, 3.8) is 0 Å². The summed E-state index contributed by atoms with van der Waals surface area (Å²) in [5.74, 6) is 1.53. The topological polar surface area (TPSA) is 54.5 Å². The van der Waals surface area contributed by atoms with Crippen LogP contribution in [0, 0.1) is 11.7 Å². The number of anilines is 1. The number of hydrogen-bond acceptors (Lipinski definition) is 7. The summed E-state index contributed by atoms with van der Waals surface area (Å²) in [5.41, 5.74) is 1.78. The molecule has 2 atom stereocenters. The van der Waals surface area contributed by atoms with Crippen LogP contribution in [-0.2, 0) is 16.1 Å². The summed E-state index contributed by atoms with van der Waals surface area (Å²) >= 11 is 0. The molecule has 0 unspecified atom stereocenters. The van der Waals surface area contributed by atoms with Crippen LogP contribution >= 0.6 is 0 Å². The largest absolute Gasteiger partial charge is 0.493 e. The molecule has 0 N–H and O–H groups in total.